The lowest BCUT2D eigenvalue weighted by Gasteiger charge is -1.99. The Kier molecular flexibility index (Phi) is 4.92. The van der Waals surface area contributed by atoms with E-state index in [0.717, 1.165) is 23.3 Å². The van der Waals surface area contributed by atoms with Crippen molar-refractivity contribution in [1.82, 2.24) is 0 Å². The maximum Gasteiger partial charge on any atom is 0.219 e. The number of carbonyl (C=O) groups is 1. The molecule has 0 aliphatic rings. The van der Waals surface area contributed by atoms with Crippen molar-refractivity contribution in [3.63, 3.8) is 0 Å². The molecule has 0 amide bonds. The number of nitrogens with zero attached hydrogens (tertiary/aromatic N) is 1. The fraction of sp³-hybridized carbons (Fsp3) is 0.333. The van der Waals surface area contributed by atoms with E-state index in [1.165, 1.54) is 11.8 Å². The summed E-state index contributed by atoms with van der Waals surface area (Å²) in [5.74, 6) is 0.722. The molecule has 3 heteroatoms. The summed E-state index contributed by atoms with van der Waals surface area (Å²) in [6.07, 6.45) is 1.30. The zero-order valence-electron chi connectivity index (χ0n) is 8.69. The summed E-state index contributed by atoms with van der Waals surface area (Å²) < 4.78 is 0. The van der Waals surface area contributed by atoms with Crippen LogP contribution in [0.3, 0.4) is 0 Å². The van der Waals surface area contributed by atoms with Crippen LogP contribution in [0.2, 0.25) is 0 Å². The van der Waals surface area contributed by atoms with Crippen LogP contribution in [0.15, 0.2) is 24.3 Å². The van der Waals surface area contributed by atoms with Gasteiger partial charge in [0.15, 0.2) is 0 Å². The number of rotatable bonds is 4. The second-order valence-electron chi connectivity index (χ2n) is 3.26. The minimum Gasteiger partial charge on any atom is -0.282 e. The number of nitriles is 1. The highest BCUT2D eigenvalue weighted by Gasteiger charge is 2.05. The number of thioether (sulfide) groups is 1. The number of carbonyl (C=O) groups excluding carboxylic acids is 1. The molecule has 15 heavy (non-hydrogen) atoms. The lowest BCUT2D eigenvalue weighted by Crippen LogP contribution is -1.94. The van der Waals surface area contributed by atoms with E-state index in [2.05, 4.69) is 6.07 Å². The van der Waals surface area contributed by atoms with Gasteiger partial charge in [-0.2, -0.15) is 5.26 Å². The Labute approximate surface area is 94.3 Å². The topological polar surface area (TPSA) is 40.9 Å². The van der Waals surface area contributed by atoms with Crippen LogP contribution < -0.4 is 0 Å². The normalized spacial score (nSPS) is 9.60. The van der Waals surface area contributed by atoms with Gasteiger partial charge in [-0.25, -0.2) is 0 Å². The van der Waals surface area contributed by atoms with Crippen molar-refractivity contribution in [1.29, 1.82) is 5.26 Å². The predicted octanol–water partition coefficient (Wildman–Crippen LogP) is 3.17. The predicted molar refractivity (Wildman–Crippen MR) is 62.8 cm³/mol. The number of unbranched alkanes of at least 4 members (excludes halogenated alkanes) is 1. The smallest absolute Gasteiger partial charge is 0.219 e. The van der Waals surface area contributed by atoms with Gasteiger partial charge in [0, 0.05) is 17.7 Å². The molecule has 0 fully saturated rings. The fourth-order valence-corrected chi connectivity index (χ4v) is 1.87. The summed E-state index contributed by atoms with van der Waals surface area (Å²) in [4.78, 5) is 11.6. The summed E-state index contributed by atoms with van der Waals surface area (Å²) in [6.45, 7) is 1.99. The molecule has 0 radical (unpaired) electrons. The Balaban J connectivity index is 2.41. The Hall–Kier alpha value is -1.27. The third-order valence-corrected chi connectivity index (χ3v) is 2.94. The number of hydrogen-bond acceptors (Lipinski definition) is 3. The molecule has 0 aliphatic heterocycles. The number of aryl methyl sites for hydroxylation is 1. The van der Waals surface area contributed by atoms with E-state index < -0.39 is 0 Å². The van der Waals surface area contributed by atoms with Gasteiger partial charge in [-0.15, -0.1) is 0 Å². The van der Waals surface area contributed by atoms with Crippen LogP contribution >= 0.6 is 11.8 Å². The van der Waals surface area contributed by atoms with E-state index >= 15 is 0 Å². The van der Waals surface area contributed by atoms with E-state index in [-0.39, 0.29) is 5.12 Å². The summed E-state index contributed by atoms with van der Waals surface area (Å²) in [6, 6.07) is 9.62. The van der Waals surface area contributed by atoms with E-state index in [1.807, 2.05) is 31.2 Å². The van der Waals surface area contributed by atoms with Gasteiger partial charge in [-0.1, -0.05) is 41.6 Å². The Morgan fingerprint density at radius 3 is 2.67 bits per heavy atom. The lowest BCUT2D eigenvalue weighted by molar-refractivity contribution is 0.108. The van der Waals surface area contributed by atoms with Crippen molar-refractivity contribution < 1.29 is 4.79 Å². The van der Waals surface area contributed by atoms with Crippen LogP contribution in [0.25, 0.3) is 0 Å². The van der Waals surface area contributed by atoms with Crippen LogP contribution in [0, 0.1) is 18.3 Å². The van der Waals surface area contributed by atoms with Crippen molar-refractivity contribution in [3.05, 3.63) is 35.4 Å². The van der Waals surface area contributed by atoms with E-state index in [1.54, 1.807) is 0 Å². The molecule has 0 saturated heterocycles. The van der Waals surface area contributed by atoms with Crippen LogP contribution in [0.5, 0.6) is 0 Å². The lowest BCUT2D eigenvalue weighted by atomic mass is 10.2. The van der Waals surface area contributed by atoms with Gasteiger partial charge in [-0.05, 0) is 13.3 Å². The second kappa shape index (κ2) is 6.26. The molecule has 0 N–H and O–H groups in total. The molecule has 2 nitrogen and oxygen atoms in total. The molecule has 0 unspecified atom stereocenters. The maximum absolute atomic E-state index is 11.6. The number of benzene rings is 1. The average molecular weight is 219 g/mol. The Morgan fingerprint density at radius 2 is 2.07 bits per heavy atom. The maximum atomic E-state index is 11.6. The third kappa shape index (κ3) is 4.18. The van der Waals surface area contributed by atoms with Gasteiger partial charge in [-0.3, -0.25) is 4.79 Å². The molecule has 0 aliphatic carbocycles. The quantitative estimate of drug-likeness (QED) is 0.730. The molecule has 1 rings (SSSR count). The number of hydrogen-bond donors (Lipinski definition) is 0. The third-order valence-electron chi connectivity index (χ3n) is 1.95. The summed E-state index contributed by atoms with van der Waals surface area (Å²) in [5, 5.41) is 8.43. The van der Waals surface area contributed by atoms with Gasteiger partial charge in [0.1, 0.15) is 0 Å². The molecule has 0 bridgehead atoms. The van der Waals surface area contributed by atoms with Gasteiger partial charge in [0.2, 0.25) is 5.12 Å². The summed E-state index contributed by atoms with van der Waals surface area (Å²) in [7, 11) is 0. The molecular weight excluding hydrogens is 206 g/mol. The van der Waals surface area contributed by atoms with E-state index in [4.69, 9.17) is 5.26 Å². The monoisotopic (exact) mass is 219 g/mol. The standard InChI is InChI=1S/C12H13NOS/c1-10-4-6-11(7-5-10)12(14)15-9-3-2-8-13/h4-7H,2-3,9H2,1H3. The molecule has 1 aromatic carbocycles. The minimum atomic E-state index is 0.0907. The zero-order chi connectivity index (χ0) is 11.1. The van der Waals surface area contributed by atoms with Gasteiger partial charge >= 0.3 is 0 Å². The average Bonchev–Trinajstić information content (AvgIpc) is 2.25. The molecule has 78 valence electrons. The van der Waals surface area contributed by atoms with Gasteiger partial charge in [0.25, 0.3) is 0 Å². The van der Waals surface area contributed by atoms with E-state index in [9.17, 15) is 4.79 Å². The molecule has 0 saturated carbocycles. The molecule has 0 atom stereocenters. The highest BCUT2D eigenvalue weighted by Crippen LogP contribution is 2.14. The first-order valence-electron chi connectivity index (χ1n) is 4.85. The Bertz CT molecular complexity index is 364. The first-order chi connectivity index (χ1) is 7.24. The van der Waals surface area contributed by atoms with Crippen molar-refractivity contribution in [3.8, 4) is 6.07 Å². The zero-order valence-corrected chi connectivity index (χ0v) is 9.51. The molecule has 0 spiro atoms. The molecular formula is C12H13NOS. The summed E-state index contributed by atoms with van der Waals surface area (Å²) in [5.41, 5.74) is 1.89. The SMILES string of the molecule is Cc1ccc(C(=O)SCCCC#N)cc1. The van der Waals surface area contributed by atoms with Crippen molar-refractivity contribution >= 4 is 16.9 Å². The van der Waals surface area contributed by atoms with Crippen molar-refractivity contribution in [2.24, 2.45) is 0 Å². The van der Waals surface area contributed by atoms with Crippen molar-refractivity contribution in [2.45, 2.75) is 19.8 Å². The first kappa shape index (κ1) is 11.8. The van der Waals surface area contributed by atoms with E-state index in [0.29, 0.717) is 6.42 Å². The largest absolute Gasteiger partial charge is 0.282 e. The molecule has 0 heterocycles. The second-order valence-corrected chi connectivity index (χ2v) is 4.33. The molecule has 0 aromatic heterocycles. The van der Waals surface area contributed by atoms with Gasteiger partial charge in [0.05, 0.1) is 6.07 Å². The van der Waals surface area contributed by atoms with Crippen LogP contribution in [0.1, 0.15) is 28.8 Å². The highest BCUT2D eigenvalue weighted by atomic mass is 32.2. The minimum absolute atomic E-state index is 0.0907. The first-order valence-corrected chi connectivity index (χ1v) is 5.83. The van der Waals surface area contributed by atoms with Gasteiger partial charge < -0.3 is 0 Å². The van der Waals surface area contributed by atoms with Crippen LogP contribution in [-0.2, 0) is 0 Å². The summed E-state index contributed by atoms with van der Waals surface area (Å²) >= 11 is 1.29. The van der Waals surface area contributed by atoms with Crippen LogP contribution in [-0.4, -0.2) is 10.9 Å². The van der Waals surface area contributed by atoms with Crippen LogP contribution in [0.4, 0.5) is 0 Å². The fourth-order valence-electron chi connectivity index (χ4n) is 1.09. The Morgan fingerprint density at radius 1 is 1.40 bits per heavy atom. The molecule has 1 aromatic rings. The van der Waals surface area contributed by atoms with Crippen molar-refractivity contribution in [2.75, 3.05) is 5.75 Å². The highest BCUT2D eigenvalue weighted by molar-refractivity contribution is 8.14.